The van der Waals surface area contributed by atoms with E-state index in [1.165, 1.54) is 0 Å². The van der Waals surface area contributed by atoms with Crippen LogP contribution >= 0.6 is 0 Å². The summed E-state index contributed by atoms with van der Waals surface area (Å²) in [6, 6.07) is 0. The Hall–Kier alpha value is -0.880. The largest absolute Gasteiger partial charge is 0.107 e. The Morgan fingerprint density at radius 2 is 1.80 bits per heavy atom. The average molecular weight is 133 g/mol. The summed E-state index contributed by atoms with van der Waals surface area (Å²) in [5.41, 5.74) is 0. The van der Waals surface area contributed by atoms with Crippen molar-refractivity contribution in [2.45, 2.75) is 33.1 Å². The summed E-state index contributed by atoms with van der Waals surface area (Å²) in [5.74, 6) is 11.8. The van der Waals surface area contributed by atoms with E-state index in [-0.39, 0.29) is 0 Å². The van der Waals surface area contributed by atoms with Gasteiger partial charge >= 0.3 is 0 Å². The third-order valence-corrected chi connectivity index (χ3v) is 0.971. The van der Waals surface area contributed by atoms with Crippen molar-refractivity contribution in [3.05, 3.63) is 6.42 Å². The average Bonchev–Trinajstić information content (AvgIpc) is 1.97. The van der Waals surface area contributed by atoms with Crippen LogP contribution < -0.4 is 0 Å². The van der Waals surface area contributed by atoms with Crippen LogP contribution in [0.15, 0.2) is 0 Å². The molecule has 10 heavy (non-hydrogen) atoms. The molecule has 1 radical (unpaired) electrons. The zero-order chi connectivity index (χ0) is 7.66. The van der Waals surface area contributed by atoms with Gasteiger partial charge in [-0.05, 0) is 13.3 Å². The number of unbranched alkanes of at least 4 members (excludes halogenated alkanes) is 2. The van der Waals surface area contributed by atoms with Crippen molar-refractivity contribution < 1.29 is 0 Å². The first kappa shape index (κ1) is 9.12. The normalized spacial score (nSPS) is 7.00. The minimum absolute atomic E-state index is 0.870. The Kier molecular flexibility index (Phi) is 7.41. The lowest BCUT2D eigenvalue weighted by molar-refractivity contribution is 1.15. The fourth-order valence-corrected chi connectivity index (χ4v) is 0.516. The number of rotatable bonds is 2. The Balaban J connectivity index is 3.10. The van der Waals surface area contributed by atoms with E-state index in [2.05, 4.69) is 37.0 Å². The number of hydrogen-bond acceptors (Lipinski definition) is 0. The van der Waals surface area contributed by atoms with Crippen LogP contribution in [0.25, 0.3) is 0 Å². The summed E-state index contributed by atoms with van der Waals surface area (Å²) in [6.07, 6.45) is 4.80. The quantitative estimate of drug-likeness (QED) is 0.401. The maximum absolute atomic E-state index is 3.02. The molecule has 0 aromatic heterocycles. The van der Waals surface area contributed by atoms with Crippen molar-refractivity contribution in [2.75, 3.05) is 0 Å². The van der Waals surface area contributed by atoms with E-state index >= 15 is 0 Å². The van der Waals surface area contributed by atoms with Gasteiger partial charge in [0.1, 0.15) is 0 Å². The van der Waals surface area contributed by atoms with Gasteiger partial charge in [-0.2, -0.15) is 0 Å². The lowest BCUT2D eigenvalue weighted by Gasteiger charge is -1.82. The van der Waals surface area contributed by atoms with E-state index in [0.717, 1.165) is 19.3 Å². The summed E-state index contributed by atoms with van der Waals surface area (Å²) < 4.78 is 0. The maximum Gasteiger partial charge on any atom is 0.0129 e. The van der Waals surface area contributed by atoms with Gasteiger partial charge in [-0.3, -0.25) is 0 Å². The number of hydrogen-bond donors (Lipinski definition) is 0. The Labute approximate surface area is 64.0 Å². The molecule has 0 N–H and O–H groups in total. The predicted molar refractivity (Wildman–Crippen MR) is 45.1 cm³/mol. The zero-order valence-corrected chi connectivity index (χ0v) is 6.70. The zero-order valence-electron chi connectivity index (χ0n) is 6.70. The highest BCUT2D eigenvalue weighted by atomic mass is 13.8. The van der Waals surface area contributed by atoms with Gasteiger partial charge < -0.3 is 0 Å². The first-order valence-electron chi connectivity index (χ1n) is 3.58. The molecule has 0 aliphatic carbocycles. The lowest BCUT2D eigenvalue weighted by atomic mass is 10.2. The summed E-state index contributed by atoms with van der Waals surface area (Å²) in [6.45, 7) is 3.91. The second-order valence-electron chi connectivity index (χ2n) is 1.83. The van der Waals surface area contributed by atoms with Gasteiger partial charge in [-0.25, -0.2) is 0 Å². The van der Waals surface area contributed by atoms with Crippen LogP contribution in [0.2, 0.25) is 0 Å². The van der Waals surface area contributed by atoms with Crippen LogP contribution in [0.1, 0.15) is 33.1 Å². The summed E-state index contributed by atoms with van der Waals surface area (Å²) in [7, 11) is 0. The molecule has 0 aliphatic heterocycles. The molecular weight excluding hydrogens is 120 g/mol. The van der Waals surface area contributed by atoms with Crippen LogP contribution in [0.5, 0.6) is 0 Å². The highest BCUT2D eigenvalue weighted by Gasteiger charge is 1.77. The standard InChI is InChI=1S/C10H13/c1-3-5-7-9-10-8-6-4-2/h10H,3,8-9H2,1-2H3. The van der Waals surface area contributed by atoms with Gasteiger partial charge in [0.2, 0.25) is 0 Å². The van der Waals surface area contributed by atoms with E-state index in [1.54, 1.807) is 0 Å². The SMILES string of the molecule is CC#CC[CH]CC#CCC. The van der Waals surface area contributed by atoms with Crippen LogP contribution in [0.4, 0.5) is 0 Å². The molecule has 0 saturated heterocycles. The molecule has 53 valence electrons. The van der Waals surface area contributed by atoms with Gasteiger partial charge in [0.05, 0.1) is 0 Å². The molecule has 0 aromatic rings. The molecule has 0 spiro atoms. The Morgan fingerprint density at radius 3 is 2.40 bits per heavy atom. The molecule has 0 heteroatoms. The molecule has 0 unspecified atom stereocenters. The third kappa shape index (κ3) is 7.12. The van der Waals surface area contributed by atoms with Gasteiger partial charge in [0.15, 0.2) is 0 Å². The van der Waals surface area contributed by atoms with Gasteiger partial charge in [0, 0.05) is 19.3 Å². The van der Waals surface area contributed by atoms with E-state index < -0.39 is 0 Å². The summed E-state index contributed by atoms with van der Waals surface area (Å²) in [4.78, 5) is 0. The lowest BCUT2D eigenvalue weighted by Crippen LogP contribution is -1.70. The van der Waals surface area contributed by atoms with E-state index in [0.29, 0.717) is 0 Å². The molecular formula is C10H13. The topological polar surface area (TPSA) is 0 Å². The monoisotopic (exact) mass is 133 g/mol. The Bertz CT molecular complexity index is 168. The third-order valence-electron chi connectivity index (χ3n) is 0.971. The smallest absolute Gasteiger partial charge is 0.0129 e. The van der Waals surface area contributed by atoms with Crippen LogP contribution in [0, 0.1) is 30.1 Å². The van der Waals surface area contributed by atoms with Crippen molar-refractivity contribution in [3.8, 4) is 23.7 Å². The fourth-order valence-electron chi connectivity index (χ4n) is 0.516. The van der Waals surface area contributed by atoms with Crippen molar-refractivity contribution in [1.29, 1.82) is 0 Å². The van der Waals surface area contributed by atoms with Crippen LogP contribution in [0.3, 0.4) is 0 Å². The van der Waals surface area contributed by atoms with E-state index in [4.69, 9.17) is 0 Å². The van der Waals surface area contributed by atoms with Gasteiger partial charge in [-0.15, -0.1) is 23.7 Å². The fraction of sp³-hybridized carbons (Fsp3) is 0.500. The first-order chi connectivity index (χ1) is 4.91. The minimum atomic E-state index is 0.870. The molecule has 0 fully saturated rings. The predicted octanol–water partition coefficient (Wildman–Crippen LogP) is 2.41. The maximum atomic E-state index is 3.02. The van der Waals surface area contributed by atoms with Gasteiger partial charge in [-0.1, -0.05) is 6.92 Å². The molecule has 0 nitrogen and oxygen atoms in total. The van der Waals surface area contributed by atoms with Gasteiger partial charge in [0.25, 0.3) is 0 Å². The Morgan fingerprint density at radius 1 is 1.10 bits per heavy atom. The highest BCUT2D eigenvalue weighted by molar-refractivity contribution is 5.05. The molecule has 0 bridgehead atoms. The van der Waals surface area contributed by atoms with Crippen molar-refractivity contribution >= 4 is 0 Å². The molecule has 0 amide bonds. The second-order valence-corrected chi connectivity index (χ2v) is 1.83. The van der Waals surface area contributed by atoms with Crippen molar-refractivity contribution in [1.82, 2.24) is 0 Å². The molecule has 0 aromatic carbocycles. The van der Waals surface area contributed by atoms with E-state index in [1.807, 2.05) is 6.92 Å². The van der Waals surface area contributed by atoms with E-state index in [9.17, 15) is 0 Å². The molecule has 0 heterocycles. The molecule has 0 atom stereocenters. The summed E-state index contributed by atoms with van der Waals surface area (Å²) >= 11 is 0. The van der Waals surface area contributed by atoms with Crippen LogP contribution in [-0.4, -0.2) is 0 Å². The molecule has 0 aliphatic rings. The summed E-state index contributed by atoms with van der Waals surface area (Å²) in [5, 5.41) is 0. The minimum Gasteiger partial charge on any atom is -0.107 e. The first-order valence-corrected chi connectivity index (χ1v) is 3.58. The van der Waals surface area contributed by atoms with Crippen LogP contribution in [-0.2, 0) is 0 Å². The highest BCUT2D eigenvalue weighted by Crippen LogP contribution is 1.89. The molecule has 0 rings (SSSR count). The van der Waals surface area contributed by atoms with Crippen molar-refractivity contribution in [3.63, 3.8) is 0 Å². The molecule has 0 saturated carbocycles. The second kappa shape index (κ2) is 8.12. The van der Waals surface area contributed by atoms with Crippen molar-refractivity contribution in [2.24, 2.45) is 0 Å².